The van der Waals surface area contributed by atoms with E-state index in [9.17, 15) is 5.11 Å². The molecule has 0 saturated heterocycles. The SMILES string of the molecule is N#Cc1cccc(-c2ccc(OCC(O)CN)cc2)c1. The van der Waals surface area contributed by atoms with Gasteiger partial charge in [0.15, 0.2) is 0 Å². The van der Waals surface area contributed by atoms with Crippen LogP contribution in [0.1, 0.15) is 5.56 Å². The molecule has 0 aliphatic heterocycles. The van der Waals surface area contributed by atoms with Crippen molar-refractivity contribution >= 4 is 0 Å². The lowest BCUT2D eigenvalue weighted by Gasteiger charge is -2.10. The van der Waals surface area contributed by atoms with Crippen molar-refractivity contribution < 1.29 is 9.84 Å². The number of hydrogen-bond acceptors (Lipinski definition) is 4. The van der Waals surface area contributed by atoms with Gasteiger partial charge in [0.25, 0.3) is 0 Å². The van der Waals surface area contributed by atoms with E-state index in [1.54, 1.807) is 6.07 Å². The van der Waals surface area contributed by atoms with Crippen molar-refractivity contribution in [2.75, 3.05) is 13.2 Å². The molecule has 1 unspecified atom stereocenters. The van der Waals surface area contributed by atoms with Crippen molar-refractivity contribution in [3.63, 3.8) is 0 Å². The molecule has 0 aliphatic rings. The Bertz CT molecular complexity index is 603. The molecule has 0 amide bonds. The van der Waals surface area contributed by atoms with Crippen LogP contribution in [-0.2, 0) is 0 Å². The summed E-state index contributed by atoms with van der Waals surface area (Å²) in [5.74, 6) is 0.678. The molecular weight excluding hydrogens is 252 g/mol. The molecule has 3 N–H and O–H groups in total. The highest BCUT2D eigenvalue weighted by atomic mass is 16.5. The number of aliphatic hydroxyl groups is 1. The maximum Gasteiger partial charge on any atom is 0.119 e. The fourth-order valence-corrected chi connectivity index (χ4v) is 1.77. The van der Waals surface area contributed by atoms with Gasteiger partial charge in [0, 0.05) is 6.54 Å². The Balaban J connectivity index is 2.09. The molecule has 0 fully saturated rings. The zero-order valence-electron chi connectivity index (χ0n) is 11.0. The van der Waals surface area contributed by atoms with Crippen molar-refractivity contribution in [1.82, 2.24) is 0 Å². The van der Waals surface area contributed by atoms with E-state index in [2.05, 4.69) is 6.07 Å². The number of hydrogen-bond donors (Lipinski definition) is 2. The largest absolute Gasteiger partial charge is 0.491 e. The Morgan fingerprint density at radius 1 is 1.15 bits per heavy atom. The summed E-state index contributed by atoms with van der Waals surface area (Å²) < 4.78 is 5.41. The van der Waals surface area contributed by atoms with E-state index in [1.165, 1.54) is 0 Å². The predicted molar refractivity (Wildman–Crippen MR) is 77.1 cm³/mol. The van der Waals surface area contributed by atoms with Gasteiger partial charge in [-0.05, 0) is 35.4 Å². The number of nitrogens with zero attached hydrogens (tertiary/aromatic N) is 1. The maximum atomic E-state index is 9.33. The summed E-state index contributed by atoms with van der Waals surface area (Å²) in [5.41, 5.74) is 7.93. The molecule has 4 nitrogen and oxygen atoms in total. The first kappa shape index (κ1) is 14.1. The van der Waals surface area contributed by atoms with Crippen LogP contribution >= 0.6 is 0 Å². The Morgan fingerprint density at radius 2 is 1.90 bits per heavy atom. The average Bonchev–Trinajstić information content (AvgIpc) is 2.53. The molecule has 20 heavy (non-hydrogen) atoms. The third-order valence-electron chi connectivity index (χ3n) is 2.89. The van der Waals surface area contributed by atoms with Crippen LogP contribution in [0.15, 0.2) is 48.5 Å². The maximum absolute atomic E-state index is 9.33. The van der Waals surface area contributed by atoms with E-state index in [4.69, 9.17) is 15.7 Å². The van der Waals surface area contributed by atoms with Crippen LogP contribution in [0.4, 0.5) is 0 Å². The van der Waals surface area contributed by atoms with E-state index >= 15 is 0 Å². The van der Waals surface area contributed by atoms with Crippen molar-refractivity contribution in [2.45, 2.75) is 6.10 Å². The predicted octanol–water partition coefficient (Wildman–Crippen LogP) is 1.92. The Hall–Kier alpha value is -2.35. The number of ether oxygens (including phenoxy) is 1. The van der Waals surface area contributed by atoms with Gasteiger partial charge in [0.2, 0.25) is 0 Å². The minimum Gasteiger partial charge on any atom is -0.491 e. The number of benzene rings is 2. The Morgan fingerprint density at radius 3 is 2.55 bits per heavy atom. The van der Waals surface area contributed by atoms with Crippen LogP contribution in [0.5, 0.6) is 5.75 Å². The first-order valence-corrected chi connectivity index (χ1v) is 6.34. The zero-order valence-corrected chi connectivity index (χ0v) is 11.0. The van der Waals surface area contributed by atoms with Crippen molar-refractivity contribution in [2.24, 2.45) is 5.73 Å². The molecule has 0 aliphatic carbocycles. The molecule has 0 bridgehead atoms. The van der Waals surface area contributed by atoms with Gasteiger partial charge in [-0.15, -0.1) is 0 Å². The van der Waals surface area contributed by atoms with Crippen LogP contribution in [0, 0.1) is 11.3 Å². The third-order valence-corrected chi connectivity index (χ3v) is 2.89. The van der Waals surface area contributed by atoms with E-state index in [0.717, 1.165) is 11.1 Å². The van der Waals surface area contributed by atoms with Gasteiger partial charge in [0.05, 0.1) is 11.6 Å². The van der Waals surface area contributed by atoms with E-state index < -0.39 is 6.10 Å². The number of nitrogens with two attached hydrogens (primary N) is 1. The fraction of sp³-hybridized carbons (Fsp3) is 0.188. The van der Waals surface area contributed by atoms with Crippen molar-refractivity contribution in [3.8, 4) is 22.9 Å². The van der Waals surface area contributed by atoms with Gasteiger partial charge in [0.1, 0.15) is 18.5 Å². The van der Waals surface area contributed by atoms with E-state index in [-0.39, 0.29) is 13.2 Å². The summed E-state index contributed by atoms with van der Waals surface area (Å²) in [6.45, 7) is 0.360. The van der Waals surface area contributed by atoms with Crippen LogP contribution in [-0.4, -0.2) is 24.4 Å². The summed E-state index contributed by atoms with van der Waals surface area (Å²) in [6.07, 6.45) is -0.651. The van der Waals surface area contributed by atoms with Crippen LogP contribution in [0.25, 0.3) is 11.1 Å². The molecule has 2 aromatic rings. The molecular formula is C16H16N2O2. The monoisotopic (exact) mass is 268 g/mol. The van der Waals surface area contributed by atoms with Crippen LogP contribution in [0.3, 0.4) is 0 Å². The number of nitriles is 1. The first-order valence-electron chi connectivity index (χ1n) is 6.34. The molecule has 2 rings (SSSR count). The zero-order chi connectivity index (χ0) is 14.4. The second-order valence-electron chi connectivity index (χ2n) is 4.42. The molecule has 102 valence electrons. The lowest BCUT2D eigenvalue weighted by Crippen LogP contribution is -2.26. The van der Waals surface area contributed by atoms with Gasteiger partial charge in [-0.25, -0.2) is 0 Å². The highest BCUT2D eigenvalue weighted by molar-refractivity contribution is 5.65. The van der Waals surface area contributed by atoms with Gasteiger partial charge in [-0.3, -0.25) is 0 Å². The Labute approximate surface area is 118 Å². The summed E-state index contributed by atoms with van der Waals surface area (Å²) in [7, 11) is 0. The number of aliphatic hydroxyl groups excluding tert-OH is 1. The van der Waals surface area contributed by atoms with Gasteiger partial charge < -0.3 is 15.6 Å². The smallest absolute Gasteiger partial charge is 0.119 e. The average molecular weight is 268 g/mol. The quantitative estimate of drug-likeness (QED) is 0.868. The molecule has 4 heteroatoms. The molecule has 0 heterocycles. The minimum absolute atomic E-state index is 0.180. The van der Waals surface area contributed by atoms with Crippen LogP contribution in [0.2, 0.25) is 0 Å². The minimum atomic E-state index is -0.651. The van der Waals surface area contributed by atoms with Gasteiger partial charge in [-0.2, -0.15) is 5.26 Å². The summed E-state index contributed by atoms with van der Waals surface area (Å²) >= 11 is 0. The summed E-state index contributed by atoms with van der Waals surface area (Å²) in [5, 5.41) is 18.2. The Kier molecular flexibility index (Phi) is 4.72. The normalized spacial score (nSPS) is 11.7. The second-order valence-corrected chi connectivity index (χ2v) is 4.42. The van der Waals surface area contributed by atoms with Gasteiger partial charge in [-0.1, -0.05) is 24.3 Å². The third kappa shape index (κ3) is 3.58. The fourth-order valence-electron chi connectivity index (χ4n) is 1.77. The number of rotatable bonds is 5. The lowest BCUT2D eigenvalue weighted by atomic mass is 10.0. The summed E-state index contributed by atoms with van der Waals surface area (Å²) in [4.78, 5) is 0. The second kappa shape index (κ2) is 6.71. The van der Waals surface area contributed by atoms with E-state index in [0.29, 0.717) is 11.3 Å². The lowest BCUT2D eigenvalue weighted by molar-refractivity contribution is 0.114. The highest BCUT2D eigenvalue weighted by Crippen LogP contribution is 2.23. The topological polar surface area (TPSA) is 79.3 Å². The molecule has 0 radical (unpaired) electrons. The molecule has 0 spiro atoms. The van der Waals surface area contributed by atoms with Crippen molar-refractivity contribution in [3.05, 3.63) is 54.1 Å². The molecule has 1 atom stereocenters. The highest BCUT2D eigenvalue weighted by Gasteiger charge is 2.03. The summed E-state index contributed by atoms with van der Waals surface area (Å²) in [6, 6.07) is 17.0. The first-order chi connectivity index (χ1) is 9.72. The molecule has 0 aromatic heterocycles. The van der Waals surface area contributed by atoms with Crippen LogP contribution < -0.4 is 10.5 Å². The molecule has 2 aromatic carbocycles. The molecule has 0 saturated carbocycles. The van der Waals surface area contributed by atoms with Crippen molar-refractivity contribution in [1.29, 1.82) is 5.26 Å². The van der Waals surface area contributed by atoms with Gasteiger partial charge >= 0.3 is 0 Å². The van der Waals surface area contributed by atoms with E-state index in [1.807, 2.05) is 42.5 Å². The standard InChI is InChI=1S/C16H16N2O2/c17-9-12-2-1-3-14(8-12)13-4-6-16(7-5-13)20-11-15(19)10-18/h1-8,15,19H,10-11,18H2.